The van der Waals surface area contributed by atoms with E-state index in [1.165, 1.54) is 11.1 Å². The monoisotopic (exact) mass is 303 g/mol. The largest absolute Gasteiger partial charge is 0.396 e. The van der Waals surface area contributed by atoms with Gasteiger partial charge < -0.3 is 10.4 Å². The van der Waals surface area contributed by atoms with Gasteiger partial charge in [0, 0.05) is 13.2 Å². The number of aliphatic hydroxyl groups excluding tert-OH is 1. The summed E-state index contributed by atoms with van der Waals surface area (Å²) < 4.78 is 0. The van der Waals surface area contributed by atoms with Crippen molar-refractivity contribution in [1.82, 2.24) is 5.32 Å². The zero-order valence-electron chi connectivity index (χ0n) is 14.1. The van der Waals surface area contributed by atoms with Crippen LogP contribution >= 0.6 is 0 Å². The lowest BCUT2D eigenvalue weighted by molar-refractivity contribution is -0.126. The summed E-state index contributed by atoms with van der Waals surface area (Å²) in [6, 6.07) is 8.33. The first-order chi connectivity index (χ1) is 10.4. The van der Waals surface area contributed by atoms with Gasteiger partial charge in [-0.05, 0) is 55.6 Å². The molecule has 2 N–H and O–H groups in total. The number of carbonyl (C=O) groups is 1. The highest BCUT2D eigenvalue weighted by Crippen LogP contribution is 2.37. The summed E-state index contributed by atoms with van der Waals surface area (Å²) in [7, 11) is 0. The highest BCUT2D eigenvalue weighted by molar-refractivity contribution is 5.88. The molecule has 0 bridgehead atoms. The molecule has 0 aliphatic heterocycles. The Balaban J connectivity index is 1.95. The Hall–Kier alpha value is -1.35. The summed E-state index contributed by atoms with van der Waals surface area (Å²) in [6.45, 7) is 7.03. The van der Waals surface area contributed by atoms with E-state index in [4.69, 9.17) is 0 Å². The van der Waals surface area contributed by atoms with Gasteiger partial charge in [-0.3, -0.25) is 4.79 Å². The predicted octanol–water partition coefficient (Wildman–Crippen LogP) is 3.20. The van der Waals surface area contributed by atoms with Gasteiger partial charge in [-0.2, -0.15) is 0 Å². The van der Waals surface area contributed by atoms with Gasteiger partial charge >= 0.3 is 0 Å². The summed E-state index contributed by atoms with van der Waals surface area (Å²) in [5, 5.41) is 12.4. The Morgan fingerprint density at radius 3 is 2.82 bits per heavy atom. The predicted molar refractivity (Wildman–Crippen MR) is 89.8 cm³/mol. The minimum Gasteiger partial charge on any atom is -0.396 e. The summed E-state index contributed by atoms with van der Waals surface area (Å²) in [4.78, 5) is 12.7. The van der Waals surface area contributed by atoms with E-state index in [9.17, 15) is 9.90 Å². The third-order valence-electron chi connectivity index (χ3n) is 4.98. The normalized spacial score (nSPS) is 21.3. The van der Waals surface area contributed by atoms with Gasteiger partial charge in [-0.25, -0.2) is 0 Å². The fraction of sp³-hybridized carbons (Fsp3) is 0.632. The van der Waals surface area contributed by atoms with Crippen LogP contribution in [0.5, 0.6) is 0 Å². The fourth-order valence-electron chi connectivity index (χ4n) is 3.32. The molecule has 1 unspecified atom stereocenters. The molecule has 1 aliphatic carbocycles. The van der Waals surface area contributed by atoms with Gasteiger partial charge in [-0.1, -0.05) is 38.1 Å². The Labute approximate surface area is 134 Å². The molecule has 122 valence electrons. The zero-order chi connectivity index (χ0) is 16.2. The molecule has 0 saturated carbocycles. The van der Waals surface area contributed by atoms with Crippen LogP contribution in [0.2, 0.25) is 0 Å². The van der Waals surface area contributed by atoms with Crippen LogP contribution in [0, 0.1) is 5.41 Å². The van der Waals surface area contributed by atoms with Crippen molar-refractivity contribution in [1.29, 1.82) is 0 Å². The molecule has 0 spiro atoms. The summed E-state index contributed by atoms with van der Waals surface area (Å²) >= 11 is 0. The first-order valence-corrected chi connectivity index (χ1v) is 8.37. The van der Waals surface area contributed by atoms with Gasteiger partial charge in [-0.15, -0.1) is 0 Å². The number of nitrogens with one attached hydrogen (secondary N) is 1. The number of hydrogen-bond donors (Lipinski definition) is 2. The van der Waals surface area contributed by atoms with Gasteiger partial charge in [0.2, 0.25) is 5.91 Å². The van der Waals surface area contributed by atoms with Crippen LogP contribution in [-0.4, -0.2) is 24.2 Å². The number of carbonyl (C=O) groups excluding carboxylic acids is 1. The molecular weight excluding hydrogens is 274 g/mol. The van der Waals surface area contributed by atoms with E-state index in [2.05, 4.69) is 30.4 Å². The topological polar surface area (TPSA) is 49.3 Å². The Morgan fingerprint density at radius 2 is 2.09 bits per heavy atom. The lowest BCUT2D eigenvalue weighted by Crippen LogP contribution is -2.44. The molecule has 3 heteroatoms. The maximum Gasteiger partial charge on any atom is 0.230 e. The van der Waals surface area contributed by atoms with Crippen LogP contribution in [0.1, 0.15) is 57.6 Å². The molecule has 0 radical (unpaired) electrons. The molecule has 1 aromatic carbocycles. The van der Waals surface area contributed by atoms with E-state index < -0.39 is 5.41 Å². The van der Waals surface area contributed by atoms with Gasteiger partial charge in [0.15, 0.2) is 0 Å². The number of hydrogen-bond acceptors (Lipinski definition) is 2. The molecule has 1 amide bonds. The Bertz CT molecular complexity index is 524. The second-order valence-electron chi connectivity index (χ2n) is 7.52. The molecule has 1 aliphatic rings. The smallest absolute Gasteiger partial charge is 0.230 e. The molecule has 0 saturated heterocycles. The van der Waals surface area contributed by atoms with Gasteiger partial charge in [0.1, 0.15) is 0 Å². The van der Waals surface area contributed by atoms with Gasteiger partial charge in [0.25, 0.3) is 0 Å². The van der Waals surface area contributed by atoms with Crippen molar-refractivity contribution in [3.05, 3.63) is 35.4 Å². The summed E-state index contributed by atoms with van der Waals surface area (Å²) in [6.07, 6.45) is 4.87. The molecule has 0 fully saturated rings. The fourth-order valence-corrected chi connectivity index (χ4v) is 3.32. The summed E-state index contributed by atoms with van der Waals surface area (Å²) in [5.74, 6) is 0.140. The molecule has 2 rings (SSSR count). The minimum absolute atomic E-state index is 0.0634. The molecular formula is C19H29NO2. The van der Waals surface area contributed by atoms with E-state index in [-0.39, 0.29) is 17.9 Å². The van der Waals surface area contributed by atoms with Crippen molar-refractivity contribution >= 4 is 5.91 Å². The van der Waals surface area contributed by atoms with Crippen molar-refractivity contribution in [3.63, 3.8) is 0 Å². The lowest BCUT2D eigenvalue weighted by atomic mass is 9.70. The van der Waals surface area contributed by atoms with Crippen LogP contribution in [0.25, 0.3) is 0 Å². The standard InChI is InChI=1S/C19H29NO2/c1-18(2,14-21)11-7-13-20-17(22)19(3)12-6-9-15-8-4-5-10-16(15)19/h4-5,8,10,21H,6-7,9,11-14H2,1-3H3,(H,20,22). The van der Waals surface area contributed by atoms with Crippen molar-refractivity contribution in [3.8, 4) is 0 Å². The van der Waals surface area contributed by atoms with E-state index >= 15 is 0 Å². The average molecular weight is 303 g/mol. The highest BCUT2D eigenvalue weighted by atomic mass is 16.3. The van der Waals surface area contributed by atoms with Crippen molar-refractivity contribution < 1.29 is 9.90 Å². The number of amides is 1. The second kappa shape index (κ2) is 6.82. The number of aliphatic hydroxyl groups is 1. The van der Waals surface area contributed by atoms with E-state index in [0.717, 1.165) is 32.1 Å². The first kappa shape index (κ1) is 17.0. The maximum atomic E-state index is 12.7. The number of aryl methyl sites for hydroxylation is 1. The minimum atomic E-state index is -0.401. The van der Waals surface area contributed by atoms with Crippen LogP contribution in [0.3, 0.4) is 0 Å². The molecule has 1 aromatic rings. The molecule has 22 heavy (non-hydrogen) atoms. The SMILES string of the molecule is CC(C)(CO)CCCNC(=O)C1(C)CCCc2ccccc21. The number of benzene rings is 1. The number of rotatable bonds is 6. The lowest BCUT2D eigenvalue weighted by Gasteiger charge is -2.34. The van der Waals surface area contributed by atoms with Crippen LogP contribution in [-0.2, 0) is 16.6 Å². The van der Waals surface area contributed by atoms with E-state index in [1.54, 1.807) is 0 Å². The first-order valence-electron chi connectivity index (χ1n) is 8.37. The number of fused-ring (bicyclic) bond motifs is 1. The Kier molecular flexibility index (Phi) is 5.28. The van der Waals surface area contributed by atoms with Crippen LogP contribution in [0.4, 0.5) is 0 Å². The maximum absolute atomic E-state index is 12.7. The van der Waals surface area contributed by atoms with Crippen molar-refractivity contribution in [2.24, 2.45) is 5.41 Å². The third-order valence-corrected chi connectivity index (χ3v) is 4.98. The third kappa shape index (κ3) is 3.70. The van der Waals surface area contributed by atoms with E-state index in [1.807, 2.05) is 19.9 Å². The summed E-state index contributed by atoms with van der Waals surface area (Å²) in [5.41, 5.74) is 2.04. The molecule has 0 heterocycles. The van der Waals surface area contributed by atoms with E-state index in [0.29, 0.717) is 6.54 Å². The second-order valence-corrected chi connectivity index (χ2v) is 7.52. The molecule has 3 nitrogen and oxygen atoms in total. The highest BCUT2D eigenvalue weighted by Gasteiger charge is 2.38. The van der Waals surface area contributed by atoms with Crippen LogP contribution in [0.15, 0.2) is 24.3 Å². The average Bonchev–Trinajstić information content (AvgIpc) is 2.52. The molecule has 1 atom stereocenters. The molecule has 0 aromatic heterocycles. The zero-order valence-corrected chi connectivity index (χ0v) is 14.1. The van der Waals surface area contributed by atoms with Crippen LogP contribution < -0.4 is 5.32 Å². The quantitative estimate of drug-likeness (QED) is 0.793. The van der Waals surface area contributed by atoms with Gasteiger partial charge in [0.05, 0.1) is 5.41 Å². The van der Waals surface area contributed by atoms with Crippen molar-refractivity contribution in [2.75, 3.05) is 13.2 Å². The Morgan fingerprint density at radius 1 is 1.36 bits per heavy atom. The van der Waals surface area contributed by atoms with Crippen molar-refractivity contribution in [2.45, 2.75) is 58.3 Å².